The molecule has 3 nitrogen and oxygen atoms in total. The molecule has 3 rings (SSSR count). The summed E-state index contributed by atoms with van der Waals surface area (Å²) in [6.07, 6.45) is 4.57. The summed E-state index contributed by atoms with van der Waals surface area (Å²) in [5.74, 6) is 0.578. The van der Waals surface area contributed by atoms with Crippen LogP contribution in [0.5, 0.6) is 0 Å². The predicted molar refractivity (Wildman–Crippen MR) is 73.5 cm³/mol. The van der Waals surface area contributed by atoms with Crippen molar-refractivity contribution in [3.05, 3.63) is 22.4 Å². The zero-order chi connectivity index (χ0) is 12.4. The van der Waals surface area contributed by atoms with Crippen molar-refractivity contribution in [1.29, 1.82) is 0 Å². The van der Waals surface area contributed by atoms with E-state index in [2.05, 4.69) is 27.0 Å². The molecule has 1 aromatic heterocycles. The number of rotatable bonds is 4. The molecule has 0 radical (unpaired) electrons. The molecule has 0 spiro atoms. The van der Waals surface area contributed by atoms with Gasteiger partial charge in [0.05, 0.1) is 5.92 Å². The lowest BCUT2D eigenvalue weighted by atomic mass is 9.98. The second kappa shape index (κ2) is 5.41. The van der Waals surface area contributed by atoms with E-state index in [0.717, 1.165) is 32.5 Å². The number of nitrogens with zero attached hydrogens (tertiary/aromatic N) is 1. The lowest BCUT2D eigenvalue weighted by molar-refractivity contribution is -0.137. The Bertz CT molecular complexity index is 394. The van der Waals surface area contributed by atoms with Gasteiger partial charge in [-0.1, -0.05) is 0 Å². The lowest BCUT2D eigenvalue weighted by Gasteiger charge is -2.29. The van der Waals surface area contributed by atoms with Crippen molar-refractivity contribution in [1.82, 2.24) is 10.2 Å². The van der Waals surface area contributed by atoms with E-state index in [1.54, 1.807) is 11.3 Å². The Balaban J connectivity index is 1.66. The van der Waals surface area contributed by atoms with Gasteiger partial charge in [-0.2, -0.15) is 11.3 Å². The fourth-order valence-corrected chi connectivity index (χ4v) is 3.31. The third-order valence-electron chi connectivity index (χ3n) is 3.85. The van der Waals surface area contributed by atoms with Crippen molar-refractivity contribution < 1.29 is 4.79 Å². The Morgan fingerprint density at radius 1 is 1.44 bits per heavy atom. The summed E-state index contributed by atoms with van der Waals surface area (Å²) in [7, 11) is 0. The van der Waals surface area contributed by atoms with Crippen molar-refractivity contribution in [2.45, 2.75) is 38.3 Å². The van der Waals surface area contributed by atoms with Gasteiger partial charge in [-0.25, -0.2) is 0 Å². The highest BCUT2D eigenvalue weighted by Gasteiger charge is 2.36. The first-order chi connectivity index (χ1) is 8.84. The molecule has 1 saturated carbocycles. The van der Waals surface area contributed by atoms with Gasteiger partial charge in [-0.3, -0.25) is 4.79 Å². The highest BCUT2D eigenvalue weighted by Crippen LogP contribution is 2.31. The average Bonchev–Trinajstić information content (AvgIpc) is 3.13. The maximum Gasteiger partial charge on any atom is 0.227 e. The standard InChI is InChI=1S/C14H20N2OS/c17-14(12-2-1-6-15-8-12)16(13-3-4-13)9-11-5-7-18-10-11/h5,7,10,12-13,15H,1-4,6,8-9H2/t12-/m1/s1. The van der Waals surface area contributed by atoms with Gasteiger partial charge in [0.15, 0.2) is 0 Å². The molecular weight excluding hydrogens is 244 g/mol. The number of carbonyl (C=O) groups is 1. The third-order valence-corrected chi connectivity index (χ3v) is 4.58. The van der Waals surface area contributed by atoms with E-state index in [9.17, 15) is 4.79 Å². The number of thiophene rings is 1. The molecule has 1 atom stereocenters. The van der Waals surface area contributed by atoms with E-state index < -0.39 is 0 Å². The number of carbonyl (C=O) groups excluding carboxylic acids is 1. The van der Waals surface area contributed by atoms with Crippen LogP contribution in [0.3, 0.4) is 0 Å². The van der Waals surface area contributed by atoms with E-state index in [-0.39, 0.29) is 5.92 Å². The molecule has 98 valence electrons. The Kier molecular flexibility index (Phi) is 3.66. The van der Waals surface area contributed by atoms with Crippen LogP contribution >= 0.6 is 11.3 Å². The summed E-state index contributed by atoms with van der Waals surface area (Å²) >= 11 is 1.71. The summed E-state index contributed by atoms with van der Waals surface area (Å²) in [6.45, 7) is 2.74. The van der Waals surface area contributed by atoms with E-state index >= 15 is 0 Å². The largest absolute Gasteiger partial charge is 0.335 e. The minimum atomic E-state index is 0.206. The van der Waals surface area contributed by atoms with Crippen molar-refractivity contribution in [3.63, 3.8) is 0 Å². The van der Waals surface area contributed by atoms with Crippen LogP contribution in [0, 0.1) is 5.92 Å². The lowest BCUT2D eigenvalue weighted by Crippen LogP contribution is -2.43. The van der Waals surface area contributed by atoms with Gasteiger partial charge in [0.25, 0.3) is 0 Å². The fourth-order valence-electron chi connectivity index (χ4n) is 2.65. The van der Waals surface area contributed by atoms with Gasteiger partial charge in [0.1, 0.15) is 0 Å². The zero-order valence-electron chi connectivity index (χ0n) is 10.6. The van der Waals surface area contributed by atoms with Crippen LogP contribution in [-0.2, 0) is 11.3 Å². The maximum atomic E-state index is 12.6. The van der Waals surface area contributed by atoms with Gasteiger partial charge in [0, 0.05) is 19.1 Å². The molecular formula is C14H20N2OS. The minimum absolute atomic E-state index is 0.206. The second-order valence-electron chi connectivity index (χ2n) is 5.37. The highest BCUT2D eigenvalue weighted by atomic mass is 32.1. The molecule has 1 amide bonds. The first kappa shape index (κ1) is 12.2. The molecule has 1 aromatic rings. The predicted octanol–water partition coefficient (Wildman–Crippen LogP) is 2.24. The van der Waals surface area contributed by atoms with E-state index in [4.69, 9.17) is 0 Å². The smallest absolute Gasteiger partial charge is 0.227 e. The summed E-state index contributed by atoms with van der Waals surface area (Å²) in [4.78, 5) is 14.7. The van der Waals surface area contributed by atoms with Gasteiger partial charge >= 0.3 is 0 Å². The molecule has 1 aliphatic carbocycles. The van der Waals surface area contributed by atoms with Crippen LogP contribution in [0.2, 0.25) is 0 Å². The Morgan fingerprint density at radius 2 is 2.33 bits per heavy atom. The van der Waals surface area contributed by atoms with Gasteiger partial charge in [-0.15, -0.1) is 0 Å². The van der Waals surface area contributed by atoms with Crippen molar-refractivity contribution in [2.75, 3.05) is 13.1 Å². The van der Waals surface area contributed by atoms with Crippen molar-refractivity contribution >= 4 is 17.2 Å². The molecule has 1 N–H and O–H groups in total. The number of hydrogen-bond donors (Lipinski definition) is 1. The molecule has 4 heteroatoms. The van der Waals surface area contributed by atoms with Crippen LogP contribution in [0.15, 0.2) is 16.8 Å². The van der Waals surface area contributed by atoms with E-state index in [0.29, 0.717) is 11.9 Å². The van der Waals surface area contributed by atoms with Crippen LogP contribution in [-0.4, -0.2) is 29.9 Å². The minimum Gasteiger partial charge on any atom is -0.335 e. The Hall–Kier alpha value is -0.870. The number of nitrogens with one attached hydrogen (secondary N) is 1. The first-order valence-electron chi connectivity index (χ1n) is 6.87. The van der Waals surface area contributed by atoms with E-state index in [1.807, 2.05) is 0 Å². The highest BCUT2D eigenvalue weighted by molar-refractivity contribution is 7.07. The summed E-state index contributed by atoms with van der Waals surface area (Å²) in [5.41, 5.74) is 1.28. The SMILES string of the molecule is O=C([C@@H]1CCCNC1)N(Cc1ccsc1)C1CC1. The van der Waals surface area contributed by atoms with Crippen LogP contribution in [0.4, 0.5) is 0 Å². The molecule has 2 fully saturated rings. The first-order valence-corrected chi connectivity index (χ1v) is 7.81. The molecule has 0 aromatic carbocycles. The topological polar surface area (TPSA) is 32.3 Å². The van der Waals surface area contributed by atoms with Crippen LogP contribution < -0.4 is 5.32 Å². The number of piperidine rings is 1. The number of amides is 1. The van der Waals surface area contributed by atoms with Crippen molar-refractivity contribution in [3.8, 4) is 0 Å². The number of hydrogen-bond acceptors (Lipinski definition) is 3. The molecule has 1 aliphatic heterocycles. The van der Waals surface area contributed by atoms with E-state index in [1.165, 1.54) is 18.4 Å². The summed E-state index contributed by atoms with van der Waals surface area (Å²) in [5, 5.41) is 7.59. The quantitative estimate of drug-likeness (QED) is 0.904. The zero-order valence-corrected chi connectivity index (χ0v) is 11.4. The molecule has 0 unspecified atom stereocenters. The van der Waals surface area contributed by atoms with Gasteiger partial charge < -0.3 is 10.2 Å². The normalized spacial score (nSPS) is 23.9. The van der Waals surface area contributed by atoms with Gasteiger partial charge in [0.2, 0.25) is 5.91 Å². The summed E-state index contributed by atoms with van der Waals surface area (Å²) in [6, 6.07) is 2.64. The molecule has 0 bridgehead atoms. The van der Waals surface area contributed by atoms with Crippen LogP contribution in [0.25, 0.3) is 0 Å². The third kappa shape index (κ3) is 2.75. The Morgan fingerprint density at radius 3 is 2.94 bits per heavy atom. The Labute approximate surface area is 112 Å². The molecule has 2 aliphatic rings. The average molecular weight is 264 g/mol. The van der Waals surface area contributed by atoms with Gasteiger partial charge in [-0.05, 0) is 54.6 Å². The molecule has 1 saturated heterocycles. The molecule has 18 heavy (non-hydrogen) atoms. The van der Waals surface area contributed by atoms with Crippen LogP contribution in [0.1, 0.15) is 31.2 Å². The fraction of sp³-hybridized carbons (Fsp3) is 0.643. The second-order valence-corrected chi connectivity index (χ2v) is 6.15. The molecule has 2 heterocycles. The summed E-state index contributed by atoms with van der Waals surface area (Å²) < 4.78 is 0. The van der Waals surface area contributed by atoms with Crippen molar-refractivity contribution in [2.24, 2.45) is 5.92 Å². The maximum absolute atomic E-state index is 12.6. The monoisotopic (exact) mass is 264 g/mol.